The van der Waals surface area contributed by atoms with Crippen LogP contribution in [0.2, 0.25) is 0 Å². The number of aryl methyl sites for hydroxylation is 2. The molecule has 0 nitrogen and oxygen atoms in total. The Hall–Kier alpha value is -0.820. The molecule has 15 heavy (non-hydrogen) atoms. The highest BCUT2D eigenvalue weighted by molar-refractivity contribution is 9.10. The lowest BCUT2D eigenvalue weighted by Crippen LogP contribution is -1.88. The van der Waals surface area contributed by atoms with Gasteiger partial charge in [-0.15, -0.1) is 0 Å². The van der Waals surface area contributed by atoms with Gasteiger partial charge in [0.25, 0.3) is 0 Å². The fourth-order valence-electron chi connectivity index (χ4n) is 1.97. The second kappa shape index (κ2) is 4.36. The summed E-state index contributed by atoms with van der Waals surface area (Å²) in [5, 5.41) is 2.66. The average Bonchev–Trinajstić information content (AvgIpc) is 2.20. The number of fused-ring (bicyclic) bond motifs is 1. The Morgan fingerprint density at radius 1 is 1.07 bits per heavy atom. The lowest BCUT2D eigenvalue weighted by Gasteiger charge is -2.07. The summed E-state index contributed by atoms with van der Waals surface area (Å²) in [5.74, 6) is 0. The van der Waals surface area contributed by atoms with Gasteiger partial charge < -0.3 is 0 Å². The van der Waals surface area contributed by atoms with Gasteiger partial charge in [0.2, 0.25) is 0 Å². The Morgan fingerprint density at radius 2 is 1.87 bits per heavy atom. The van der Waals surface area contributed by atoms with Crippen molar-refractivity contribution in [3.05, 3.63) is 45.9 Å². The van der Waals surface area contributed by atoms with E-state index < -0.39 is 0 Å². The normalized spacial score (nSPS) is 10.9. The molecule has 2 aromatic carbocycles. The third kappa shape index (κ3) is 2.23. The van der Waals surface area contributed by atoms with Gasteiger partial charge in [-0.2, -0.15) is 0 Å². The van der Waals surface area contributed by atoms with E-state index in [1.165, 1.54) is 34.7 Å². The van der Waals surface area contributed by atoms with E-state index in [1.807, 2.05) is 0 Å². The molecule has 2 rings (SSSR count). The molecule has 0 amide bonds. The predicted octanol–water partition coefficient (Wildman–Crippen LogP) is 4.86. The summed E-state index contributed by atoms with van der Waals surface area (Å²) in [6.45, 7) is 4.43. The number of benzene rings is 2. The molecule has 0 aromatic heterocycles. The smallest absolute Gasteiger partial charge is 0.0181 e. The first-order chi connectivity index (χ1) is 7.20. The average molecular weight is 263 g/mol. The third-order valence-corrected chi connectivity index (χ3v) is 3.27. The summed E-state index contributed by atoms with van der Waals surface area (Å²) in [4.78, 5) is 0. The molecule has 0 unspecified atom stereocenters. The molecule has 0 fully saturated rings. The van der Waals surface area contributed by atoms with Crippen molar-refractivity contribution in [2.75, 3.05) is 0 Å². The van der Waals surface area contributed by atoms with Gasteiger partial charge in [0.1, 0.15) is 0 Å². The van der Waals surface area contributed by atoms with Crippen LogP contribution in [-0.4, -0.2) is 0 Å². The van der Waals surface area contributed by atoms with Gasteiger partial charge in [0.15, 0.2) is 0 Å². The fraction of sp³-hybridized carbons (Fsp3) is 0.286. The van der Waals surface area contributed by atoms with Crippen LogP contribution in [-0.2, 0) is 6.42 Å². The van der Waals surface area contributed by atoms with Crippen LogP contribution in [0.15, 0.2) is 34.8 Å². The summed E-state index contributed by atoms with van der Waals surface area (Å²) >= 11 is 3.51. The van der Waals surface area contributed by atoms with Crippen molar-refractivity contribution < 1.29 is 0 Å². The van der Waals surface area contributed by atoms with Crippen molar-refractivity contribution in [3.8, 4) is 0 Å². The number of halogens is 1. The van der Waals surface area contributed by atoms with Gasteiger partial charge in [-0.25, -0.2) is 0 Å². The van der Waals surface area contributed by atoms with Gasteiger partial charge in [-0.05, 0) is 47.4 Å². The van der Waals surface area contributed by atoms with Crippen molar-refractivity contribution in [2.24, 2.45) is 0 Å². The van der Waals surface area contributed by atoms with Gasteiger partial charge >= 0.3 is 0 Å². The Labute approximate surface area is 99.4 Å². The Kier molecular flexibility index (Phi) is 3.11. The molecule has 0 spiro atoms. The SMILES string of the molecule is CCCc1cc2ccc(Br)cc2cc1C. The zero-order valence-corrected chi connectivity index (χ0v) is 10.8. The topological polar surface area (TPSA) is 0 Å². The number of rotatable bonds is 2. The molecule has 2 aromatic rings. The van der Waals surface area contributed by atoms with Crippen molar-refractivity contribution in [1.29, 1.82) is 0 Å². The van der Waals surface area contributed by atoms with Crippen molar-refractivity contribution in [1.82, 2.24) is 0 Å². The van der Waals surface area contributed by atoms with Crippen LogP contribution in [0.4, 0.5) is 0 Å². The molecule has 0 saturated carbocycles. The van der Waals surface area contributed by atoms with Crippen LogP contribution in [0.3, 0.4) is 0 Å². The van der Waals surface area contributed by atoms with Gasteiger partial charge in [0.05, 0.1) is 0 Å². The van der Waals surface area contributed by atoms with Crippen LogP contribution < -0.4 is 0 Å². The second-order valence-electron chi connectivity index (χ2n) is 4.02. The molecular formula is C14H15Br. The van der Waals surface area contributed by atoms with Crippen LogP contribution in [0.25, 0.3) is 10.8 Å². The first-order valence-corrected chi connectivity index (χ1v) is 6.19. The molecule has 78 valence electrons. The largest absolute Gasteiger partial charge is 0.0651 e. The Morgan fingerprint density at radius 3 is 2.60 bits per heavy atom. The monoisotopic (exact) mass is 262 g/mol. The first kappa shape index (κ1) is 10.7. The van der Waals surface area contributed by atoms with E-state index in [4.69, 9.17) is 0 Å². The standard InChI is InChI=1S/C14H15Br/c1-3-4-11-8-12-5-6-14(15)9-13(12)7-10(11)2/h5-9H,3-4H2,1-2H3. The minimum atomic E-state index is 1.15. The Bertz CT molecular complexity index is 486. The molecule has 0 radical (unpaired) electrons. The molecule has 0 aliphatic carbocycles. The molecule has 1 heteroatoms. The van der Waals surface area contributed by atoms with Crippen molar-refractivity contribution in [2.45, 2.75) is 26.7 Å². The van der Waals surface area contributed by atoms with E-state index in [1.54, 1.807) is 0 Å². The van der Waals surface area contributed by atoms with E-state index in [9.17, 15) is 0 Å². The lowest BCUT2D eigenvalue weighted by atomic mass is 9.99. The summed E-state index contributed by atoms with van der Waals surface area (Å²) < 4.78 is 1.15. The summed E-state index contributed by atoms with van der Waals surface area (Å²) in [5.41, 5.74) is 2.88. The minimum absolute atomic E-state index is 1.15. The summed E-state index contributed by atoms with van der Waals surface area (Å²) in [6, 6.07) is 11.1. The molecule has 0 bridgehead atoms. The summed E-state index contributed by atoms with van der Waals surface area (Å²) in [7, 11) is 0. The lowest BCUT2D eigenvalue weighted by molar-refractivity contribution is 0.915. The maximum absolute atomic E-state index is 3.51. The first-order valence-electron chi connectivity index (χ1n) is 5.39. The van der Waals surface area contributed by atoms with E-state index >= 15 is 0 Å². The summed E-state index contributed by atoms with van der Waals surface area (Å²) in [6.07, 6.45) is 2.39. The molecule has 0 aliphatic heterocycles. The zero-order chi connectivity index (χ0) is 10.8. The second-order valence-corrected chi connectivity index (χ2v) is 4.94. The number of hydrogen-bond acceptors (Lipinski definition) is 0. The van der Waals surface area contributed by atoms with Crippen LogP contribution in [0.5, 0.6) is 0 Å². The highest BCUT2D eigenvalue weighted by atomic mass is 79.9. The van der Waals surface area contributed by atoms with Gasteiger partial charge in [-0.3, -0.25) is 0 Å². The molecular weight excluding hydrogens is 248 g/mol. The van der Waals surface area contributed by atoms with Crippen LogP contribution >= 0.6 is 15.9 Å². The zero-order valence-electron chi connectivity index (χ0n) is 9.18. The van der Waals surface area contributed by atoms with Crippen molar-refractivity contribution >= 4 is 26.7 Å². The molecule has 0 heterocycles. The van der Waals surface area contributed by atoms with Gasteiger partial charge in [-0.1, -0.05) is 47.5 Å². The highest BCUT2D eigenvalue weighted by Crippen LogP contribution is 2.24. The molecule has 0 saturated heterocycles. The maximum Gasteiger partial charge on any atom is 0.0181 e. The molecule has 0 aliphatic rings. The quantitative estimate of drug-likeness (QED) is 0.725. The van der Waals surface area contributed by atoms with E-state index in [0.717, 1.165) is 4.47 Å². The van der Waals surface area contributed by atoms with Crippen LogP contribution in [0.1, 0.15) is 24.5 Å². The van der Waals surface area contributed by atoms with E-state index in [2.05, 4.69) is 60.1 Å². The third-order valence-electron chi connectivity index (χ3n) is 2.78. The minimum Gasteiger partial charge on any atom is -0.0651 e. The van der Waals surface area contributed by atoms with E-state index in [-0.39, 0.29) is 0 Å². The molecule has 0 N–H and O–H groups in total. The van der Waals surface area contributed by atoms with E-state index in [0.29, 0.717) is 0 Å². The Balaban J connectivity index is 2.60. The maximum atomic E-state index is 3.51. The van der Waals surface area contributed by atoms with Gasteiger partial charge in [0, 0.05) is 4.47 Å². The fourth-order valence-corrected chi connectivity index (χ4v) is 2.35. The van der Waals surface area contributed by atoms with Crippen molar-refractivity contribution in [3.63, 3.8) is 0 Å². The van der Waals surface area contributed by atoms with Crippen LogP contribution in [0, 0.1) is 6.92 Å². The molecule has 0 atom stereocenters. The number of hydrogen-bond donors (Lipinski definition) is 0. The highest BCUT2D eigenvalue weighted by Gasteiger charge is 2.01. The predicted molar refractivity (Wildman–Crippen MR) is 70.4 cm³/mol.